The van der Waals surface area contributed by atoms with E-state index in [1.165, 1.54) is 31.0 Å². The Kier molecular flexibility index (Phi) is 1.89. The van der Waals surface area contributed by atoms with Gasteiger partial charge in [0.15, 0.2) is 0 Å². The molecule has 1 aromatic rings. The molecule has 3 rings (SSSR count). The van der Waals surface area contributed by atoms with Crippen molar-refractivity contribution in [2.45, 2.75) is 37.7 Å². The molecular weight excluding hydrogens is 196 g/mol. The third-order valence-corrected chi connectivity index (χ3v) is 4.35. The summed E-state index contributed by atoms with van der Waals surface area (Å²) in [6.07, 6.45) is 7.24. The number of hydrogen-bond acceptors (Lipinski definition) is 4. The summed E-state index contributed by atoms with van der Waals surface area (Å²) in [6.45, 7) is 0. The van der Waals surface area contributed by atoms with Crippen LogP contribution in [-0.2, 0) is 6.42 Å². The third kappa shape index (κ3) is 1.28. The van der Waals surface area contributed by atoms with E-state index in [1.807, 2.05) is 0 Å². The minimum Gasteiger partial charge on any atom is -0.389 e. The maximum atomic E-state index is 10.5. The van der Waals surface area contributed by atoms with E-state index in [1.54, 1.807) is 6.20 Å². The molecule has 14 heavy (non-hydrogen) atoms. The number of nitrogens with zero attached hydrogens (tertiary/aromatic N) is 2. The Morgan fingerprint density at radius 1 is 1.57 bits per heavy atom. The fourth-order valence-electron chi connectivity index (χ4n) is 3.21. The van der Waals surface area contributed by atoms with Crippen molar-refractivity contribution in [3.05, 3.63) is 11.9 Å². The second kappa shape index (κ2) is 3.00. The van der Waals surface area contributed by atoms with Crippen LogP contribution in [0, 0.1) is 11.8 Å². The predicted octanol–water partition coefficient (Wildman–Crippen LogP) is 1.63. The first-order valence-electron chi connectivity index (χ1n) is 5.25. The topological polar surface area (TPSA) is 46.0 Å². The molecule has 2 saturated carbocycles. The van der Waals surface area contributed by atoms with Crippen LogP contribution in [0.25, 0.3) is 0 Å². The average molecular weight is 210 g/mol. The molecule has 0 amide bonds. The van der Waals surface area contributed by atoms with E-state index in [4.69, 9.17) is 0 Å². The van der Waals surface area contributed by atoms with Gasteiger partial charge in [-0.3, -0.25) is 0 Å². The van der Waals surface area contributed by atoms with Gasteiger partial charge in [-0.05, 0) is 37.5 Å². The van der Waals surface area contributed by atoms with Gasteiger partial charge in [0.05, 0.1) is 29.2 Å². The van der Waals surface area contributed by atoms with E-state index in [9.17, 15) is 5.11 Å². The molecule has 2 fully saturated rings. The summed E-state index contributed by atoms with van der Waals surface area (Å²) < 4.78 is 8.16. The van der Waals surface area contributed by atoms with Crippen LogP contribution in [0.1, 0.15) is 31.4 Å². The van der Waals surface area contributed by atoms with Crippen LogP contribution in [-0.4, -0.2) is 19.5 Å². The fraction of sp³-hybridized carbons (Fsp3) is 0.800. The van der Waals surface area contributed by atoms with Crippen molar-refractivity contribution in [3.63, 3.8) is 0 Å². The Bertz CT molecular complexity index is 327. The van der Waals surface area contributed by atoms with E-state index >= 15 is 0 Å². The van der Waals surface area contributed by atoms with Gasteiger partial charge in [0.2, 0.25) is 0 Å². The lowest BCUT2D eigenvalue weighted by Crippen LogP contribution is -2.37. The highest BCUT2D eigenvalue weighted by molar-refractivity contribution is 6.99. The molecule has 3 atom stereocenters. The Labute approximate surface area is 87.5 Å². The Balaban J connectivity index is 1.78. The summed E-state index contributed by atoms with van der Waals surface area (Å²) in [4.78, 5) is 0. The second-order valence-corrected chi connectivity index (χ2v) is 5.32. The van der Waals surface area contributed by atoms with Gasteiger partial charge in [0, 0.05) is 6.42 Å². The van der Waals surface area contributed by atoms with Gasteiger partial charge in [-0.15, -0.1) is 0 Å². The molecule has 2 bridgehead atoms. The maximum absolute atomic E-state index is 10.5. The minimum absolute atomic E-state index is 0.460. The van der Waals surface area contributed by atoms with E-state index in [0.717, 1.165) is 18.0 Å². The molecule has 4 heteroatoms. The second-order valence-electron chi connectivity index (χ2n) is 4.76. The van der Waals surface area contributed by atoms with Gasteiger partial charge in [-0.2, -0.15) is 8.75 Å². The van der Waals surface area contributed by atoms with Crippen LogP contribution in [0.3, 0.4) is 0 Å². The number of hydrogen-bond donors (Lipinski definition) is 1. The molecule has 2 aliphatic carbocycles. The molecule has 1 N–H and O–H groups in total. The zero-order valence-corrected chi connectivity index (χ0v) is 8.83. The first-order valence-corrected chi connectivity index (χ1v) is 5.98. The number of rotatable bonds is 2. The summed E-state index contributed by atoms with van der Waals surface area (Å²) in [5.41, 5.74) is 0.503. The number of fused-ring (bicyclic) bond motifs is 2. The molecule has 0 spiro atoms. The van der Waals surface area contributed by atoms with Crippen LogP contribution in [0.4, 0.5) is 0 Å². The van der Waals surface area contributed by atoms with Crippen LogP contribution in [0.2, 0.25) is 0 Å². The fourth-order valence-corrected chi connectivity index (χ4v) is 3.64. The predicted molar refractivity (Wildman–Crippen MR) is 54.0 cm³/mol. The van der Waals surface area contributed by atoms with Gasteiger partial charge in [-0.25, -0.2) is 0 Å². The summed E-state index contributed by atoms with van der Waals surface area (Å²) in [5.74, 6) is 1.30. The SMILES string of the molecule is OC1(Cc2cnsn2)CC2CCC1C2. The largest absolute Gasteiger partial charge is 0.389 e. The van der Waals surface area contributed by atoms with Crippen molar-refractivity contribution >= 4 is 11.7 Å². The summed E-state index contributed by atoms with van der Waals surface area (Å²) in [7, 11) is 0. The molecule has 76 valence electrons. The summed E-state index contributed by atoms with van der Waals surface area (Å²) in [6, 6.07) is 0. The molecule has 3 nitrogen and oxygen atoms in total. The van der Waals surface area contributed by atoms with Gasteiger partial charge in [-0.1, -0.05) is 0 Å². The molecular formula is C10H14N2OS. The van der Waals surface area contributed by atoms with Crippen LogP contribution >= 0.6 is 11.7 Å². The lowest BCUT2D eigenvalue weighted by atomic mass is 9.81. The zero-order valence-electron chi connectivity index (χ0n) is 8.02. The van der Waals surface area contributed by atoms with E-state index in [0.29, 0.717) is 12.3 Å². The molecule has 0 aromatic carbocycles. The lowest BCUT2D eigenvalue weighted by molar-refractivity contribution is -0.0131. The first kappa shape index (κ1) is 8.80. The monoisotopic (exact) mass is 210 g/mol. The molecule has 0 saturated heterocycles. The normalized spacial score (nSPS) is 40.6. The van der Waals surface area contributed by atoms with Crippen molar-refractivity contribution in [1.82, 2.24) is 8.75 Å². The van der Waals surface area contributed by atoms with Gasteiger partial charge in [0.1, 0.15) is 0 Å². The number of aliphatic hydroxyl groups is 1. The Morgan fingerprint density at radius 2 is 2.50 bits per heavy atom. The maximum Gasteiger partial charge on any atom is 0.0771 e. The van der Waals surface area contributed by atoms with Crippen LogP contribution in [0.15, 0.2) is 6.20 Å². The van der Waals surface area contributed by atoms with E-state index in [-0.39, 0.29) is 0 Å². The highest BCUT2D eigenvalue weighted by atomic mass is 32.1. The van der Waals surface area contributed by atoms with Crippen molar-refractivity contribution < 1.29 is 5.11 Å². The summed E-state index contributed by atoms with van der Waals surface area (Å²) >= 11 is 1.23. The highest BCUT2D eigenvalue weighted by Crippen LogP contribution is 2.51. The first-order chi connectivity index (χ1) is 6.76. The smallest absolute Gasteiger partial charge is 0.0771 e. The molecule has 1 aromatic heterocycles. The number of aromatic nitrogens is 2. The quantitative estimate of drug-likeness (QED) is 0.807. The van der Waals surface area contributed by atoms with Gasteiger partial charge < -0.3 is 5.11 Å². The van der Waals surface area contributed by atoms with Crippen LogP contribution in [0.5, 0.6) is 0 Å². The van der Waals surface area contributed by atoms with Crippen molar-refractivity contribution in [2.75, 3.05) is 0 Å². The molecule has 0 radical (unpaired) electrons. The lowest BCUT2D eigenvalue weighted by Gasteiger charge is -2.31. The van der Waals surface area contributed by atoms with Gasteiger partial charge in [0.25, 0.3) is 0 Å². The average Bonchev–Trinajstić information content (AvgIpc) is 2.78. The molecule has 0 aliphatic heterocycles. The molecule has 2 aliphatic rings. The Hall–Kier alpha value is -0.480. The standard InChI is InChI=1S/C10H14N2OS/c13-10(5-9-6-11-14-12-9)4-7-1-2-8(10)3-7/h6-8,13H,1-5H2. The summed E-state index contributed by atoms with van der Waals surface area (Å²) in [5, 5.41) is 10.5. The zero-order chi connectivity index (χ0) is 9.60. The van der Waals surface area contributed by atoms with Gasteiger partial charge >= 0.3 is 0 Å². The highest BCUT2D eigenvalue weighted by Gasteiger charge is 2.49. The van der Waals surface area contributed by atoms with E-state index in [2.05, 4.69) is 8.75 Å². The van der Waals surface area contributed by atoms with Crippen molar-refractivity contribution in [3.8, 4) is 0 Å². The van der Waals surface area contributed by atoms with Crippen LogP contribution < -0.4 is 0 Å². The molecule has 1 heterocycles. The third-order valence-electron chi connectivity index (χ3n) is 3.84. The Morgan fingerprint density at radius 3 is 3.07 bits per heavy atom. The minimum atomic E-state index is -0.460. The van der Waals surface area contributed by atoms with E-state index < -0.39 is 5.60 Å². The van der Waals surface area contributed by atoms with Crippen molar-refractivity contribution in [2.24, 2.45) is 11.8 Å². The molecule has 3 unspecified atom stereocenters. The van der Waals surface area contributed by atoms with Crippen molar-refractivity contribution in [1.29, 1.82) is 0 Å².